The highest BCUT2D eigenvalue weighted by atomic mass is 19.4. The van der Waals surface area contributed by atoms with Gasteiger partial charge in [0.1, 0.15) is 5.75 Å². The third kappa shape index (κ3) is 4.88. The Morgan fingerprint density at radius 3 is 2.83 bits per heavy atom. The van der Waals surface area contributed by atoms with E-state index in [1.807, 2.05) is 6.07 Å². The zero-order valence-corrected chi connectivity index (χ0v) is 13.3. The van der Waals surface area contributed by atoms with Crippen molar-refractivity contribution in [2.45, 2.75) is 50.9 Å². The summed E-state index contributed by atoms with van der Waals surface area (Å²) >= 11 is 0. The lowest BCUT2D eigenvalue weighted by molar-refractivity contribution is -0.184. The molecule has 1 saturated carbocycles. The maximum absolute atomic E-state index is 12.8. The zero-order valence-electron chi connectivity index (χ0n) is 13.3. The van der Waals surface area contributed by atoms with E-state index < -0.39 is 30.1 Å². The van der Waals surface area contributed by atoms with Crippen LogP contribution < -0.4 is 10.1 Å². The summed E-state index contributed by atoms with van der Waals surface area (Å²) in [4.78, 5) is 12.1. The number of hydrogen-bond donors (Lipinski definition) is 1. The zero-order chi connectivity index (χ0) is 17.7. The third-order valence-electron chi connectivity index (χ3n) is 4.13. The van der Waals surface area contributed by atoms with Crippen molar-refractivity contribution in [3.8, 4) is 11.8 Å². The first-order chi connectivity index (χ1) is 11.3. The maximum Gasteiger partial charge on any atom is 0.391 e. The van der Waals surface area contributed by atoms with E-state index in [4.69, 9.17) is 10.00 Å². The number of nitrogens with zero attached hydrogens (tertiary/aromatic N) is 1. The number of alkyl halides is 3. The van der Waals surface area contributed by atoms with E-state index in [0.717, 1.165) is 0 Å². The molecule has 0 spiro atoms. The van der Waals surface area contributed by atoms with E-state index in [2.05, 4.69) is 5.32 Å². The Hall–Kier alpha value is -2.23. The molecule has 7 heteroatoms. The van der Waals surface area contributed by atoms with Crippen molar-refractivity contribution in [1.82, 2.24) is 5.32 Å². The standard InChI is InChI=1S/C17H19F3N2O2/c1-11(24-15-7-2-4-12(8-15)10-21)16(23)22-14-6-3-5-13(9-14)17(18,19)20/h2,4,7-8,11,13-14H,3,5-6,9H2,1H3,(H,22,23). The fraction of sp³-hybridized carbons (Fsp3) is 0.529. The fourth-order valence-corrected chi connectivity index (χ4v) is 2.83. The fourth-order valence-electron chi connectivity index (χ4n) is 2.83. The van der Waals surface area contributed by atoms with Gasteiger partial charge in [0.2, 0.25) is 0 Å². The number of carbonyl (C=O) groups is 1. The number of halogens is 3. The quantitative estimate of drug-likeness (QED) is 0.911. The summed E-state index contributed by atoms with van der Waals surface area (Å²) < 4.78 is 43.9. The second-order valence-electron chi connectivity index (χ2n) is 6.01. The van der Waals surface area contributed by atoms with Gasteiger partial charge in [0.15, 0.2) is 6.10 Å². The smallest absolute Gasteiger partial charge is 0.391 e. The summed E-state index contributed by atoms with van der Waals surface area (Å²) in [6, 6.07) is 7.84. The molecule has 1 aromatic carbocycles. The highest BCUT2D eigenvalue weighted by molar-refractivity contribution is 5.81. The lowest BCUT2D eigenvalue weighted by Crippen LogP contribution is -2.46. The van der Waals surface area contributed by atoms with Gasteiger partial charge in [-0.25, -0.2) is 0 Å². The van der Waals surface area contributed by atoms with Gasteiger partial charge in [-0.2, -0.15) is 18.4 Å². The molecule has 3 atom stereocenters. The molecule has 4 nitrogen and oxygen atoms in total. The van der Waals surface area contributed by atoms with Crippen LogP contribution in [0.4, 0.5) is 13.2 Å². The molecule has 3 unspecified atom stereocenters. The Morgan fingerprint density at radius 1 is 1.42 bits per heavy atom. The Bertz CT molecular complexity index is 625. The first-order valence-corrected chi connectivity index (χ1v) is 7.83. The maximum atomic E-state index is 12.8. The average molecular weight is 340 g/mol. The summed E-state index contributed by atoms with van der Waals surface area (Å²) in [7, 11) is 0. The van der Waals surface area contributed by atoms with Crippen molar-refractivity contribution < 1.29 is 22.7 Å². The summed E-state index contributed by atoms with van der Waals surface area (Å²) in [6.07, 6.45) is -4.08. The Labute approximate surface area is 138 Å². The van der Waals surface area contributed by atoms with Crippen LogP contribution in [0, 0.1) is 17.2 Å². The molecule has 1 amide bonds. The highest BCUT2D eigenvalue weighted by Crippen LogP contribution is 2.37. The molecule has 0 saturated heterocycles. The molecule has 1 aliphatic rings. The van der Waals surface area contributed by atoms with Gasteiger partial charge in [0.25, 0.3) is 5.91 Å². The first-order valence-electron chi connectivity index (χ1n) is 7.83. The molecule has 130 valence electrons. The summed E-state index contributed by atoms with van der Waals surface area (Å²) in [5.41, 5.74) is 0.403. The second-order valence-corrected chi connectivity index (χ2v) is 6.01. The van der Waals surface area contributed by atoms with E-state index in [1.54, 1.807) is 18.2 Å². The van der Waals surface area contributed by atoms with Gasteiger partial charge in [-0.15, -0.1) is 0 Å². The highest BCUT2D eigenvalue weighted by Gasteiger charge is 2.42. The molecule has 0 bridgehead atoms. The predicted molar refractivity (Wildman–Crippen MR) is 81.2 cm³/mol. The predicted octanol–water partition coefficient (Wildman–Crippen LogP) is 3.56. The van der Waals surface area contributed by atoms with Crippen LogP contribution in [-0.4, -0.2) is 24.2 Å². The molecular weight excluding hydrogens is 321 g/mol. The van der Waals surface area contributed by atoms with Gasteiger partial charge in [-0.05, 0) is 44.4 Å². The molecule has 2 rings (SSSR count). The summed E-state index contributed by atoms with van der Waals surface area (Å²) in [5, 5.41) is 11.5. The van der Waals surface area contributed by atoms with Crippen molar-refractivity contribution in [1.29, 1.82) is 5.26 Å². The minimum absolute atomic E-state index is 0.0914. The number of amides is 1. The molecule has 1 aromatic rings. The van der Waals surface area contributed by atoms with Crippen LogP contribution in [-0.2, 0) is 4.79 Å². The van der Waals surface area contributed by atoms with Gasteiger partial charge in [-0.3, -0.25) is 4.79 Å². The molecule has 1 aliphatic carbocycles. The Balaban J connectivity index is 1.90. The Kier molecular flexibility index (Phi) is 5.71. The monoisotopic (exact) mass is 340 g/mol. The molecule has 24 heavy (non-hydrogen) atoms. The van der Waals surface area contributed by atoms with Crippen LogP contribution in [0.1, 0.15) is 38.2 Å². The number of ether oxygens (including phenoxy) is 1. The van der Waals surface area contributed by atoms with Crippen molar-refractivity contribution >= 4 is 5.91 Å². The van der Waals surface area contributed by atoms with Gasteiger partial charge < -0.3 is 10.1 Å². The van der Waals surface area contributed by atoms with Crippen molar-refractivity contribution in [2.75, 3.05) is 0 Å². The van der Waals surface area contributed by atoms with Crippen molar-refractivity contribution in [2.24, 2.45) is 5.92 Å². The largest absolute Gasteiger partial charge is 0.481 e. The Morgan fingerprint density at radius 2 is 2.17 bits per heavy atom. The number of nitrogens with one attached hydrogen (secondary N) is 1. The number of hydrogen-bond acceptors (Lipinski definition) is 3. The van der Waals surface area contributed by atoms with Crippen LogP contribution in [0.25, 0.3) is 0 Å². The summed E-state index contributed by atoms with van der Waals surface area (Å²) in [6.45, 7) is 1.53. The molecule has 0 radical (unpaired) electrons. The molecule has 1 N–H and O–H groups in total. The number of rotatable bonds is 4. The van der Waals surface area contributed by atoms with Gasteiger partial charge in [0, 0.05) is 6.04 Å². The van der Waals surface area contributed by atoms with Gasteiger partial charge in [0.05, 0.1) is 17.6 Å². The molecule has 1 fully saturated rings. The van der Waals surface area contributed by atoms with E-state index in [0.29, 0.717) is 24.2 Å². The minimum Gasteiger partial charge on any atom is -0.481 e. The van der Waals surface area contributed by atoms with E-state index in [1.165, 1.54) is 13.0 Å². The van der Waals surface area contributed by atoms with E-state index >= 15 is 0 Å². The number of carbonyl (C=O) groups excluding carboxylic acids is 1. The topological polar surface area (TPSA) is 62.1 Å². The SMILES string of the molecule is CC(Oc1cccc(C#N)c1)C(=O)NC1CCCC(C(F)(F)F)C1. The molecule has 0 aromatic heterocycles. The number of nitriles is 1. The lowest BCUT2D eigenvalue weighted by Gasteiger charge is -2.31. The van der Waals surface area contributed by atoms with Crippen LogP contribution in [0.15, 0.2) is 24.3 Å². The molecule has 0 heterocycles. The van der Waals surface area contributed by atoms with E-state index in [9.17, 15) is 18.0 Å². The van der Waals surface area contributed by atoms with Gasteiger partial charge >= 0.3 is 6.18 Å². The van der Waals surface area contributed by atoms with Crippen LogP contribution in [0.3, 0.4) is 0 Å². The third-order valence-corrected chi connectivity index (χ3v) is 4.13. The average Bonchev–Trinajstić information content (AvgIpc) is 2.54. The van der Waals surface area contributed by atoms with E-state index in [-0.39, 0.29) is 12.8 Å². The van der Waals surface area contributed by atoms with Gasteiger partial charge in [-0.1, -0.05) is 12.5 Å². The normalized spacial score (nSPS) is 22.3. The van der Waals surface area contributed by atoms with Crippen molar-refractivity contribution in [3.05, 3.63) is 29.8 Å². The minimum atomic E-state index is -4.22. The second kappa shape index (κ2) is 7.56. The molecular formula is C17H19F3N2O2. The summed E-state index contributed by atoms with van der Waals surface area (Å²) in [5.74, 6) is -1.45. The number of benzene rings is 1. The van der Waals surface area contributed by atoms with Crippen LogP contribution in [0.5, 0.6) is 5.75 Å². The van der Waals surface area contributed by atoms with Crippen molar-refractivity contribution in [3.63, 3.8) is 0 Å². The molecule has 0 aliphatic heterocycles. The lowest BCUT2D eigenvalue weighted by atomic mass is 9.85. The van der Waals surface area contributed by atoms with Crippen LogP contribution in [0.2, 0.25) is 0 Å². The van der Waals surface area contributed by atoms with Crippen LogP contribution >= 0.6 is 0 Å². The first kappa shape index (κ1) is 18.1.